The zero-order valence-electron chi connectivity index (χ0n) is 11.3. The Kier molecular flexibility index (Phi) is 4.49. The molecule has 2 aromatic rings. The Morgan fingerprint density at radius 3 is 2.67 bits per heavy atom. The molecule has 0 aliphatic carbocycles. The van der Waals surface area contributed by atoms with E-state index in [1.54, 1.807) is 18.2 Å². The van der Waals surface area contributed by atoms with Gasteiger partial charge in [-0.25, -0.2) is 9.48 Å². The largest absolute Gasteiger partial charge is 0.476 e. The molecule has 110 valence electrons. The third-order valence-electron chi connectivity index (χ3n) is 2.95. The molecule has 7 heteroatoms. The van der Waals surface area contributed by atoms with Crippen molar-refractivity contribution in [3.05, 3.63) is 55.4 Å². The number of carboxylic acids is 1. The summed E-state index contributed by atoms with van der Waals surface area (Å²) in [5.41, 5.74) is -0.124. The van der Waals surface area contributed by atoms with E-state index in [1.165, 1.54) is 10.9 Å². The molecule has 1 heterocycles. The summed E-state index contributed by atoms with van der Waals surface area (Å²) in [5, 5.41) is 13.5. The first-order chi connectivity index (χ1) is 9.82. The molecule has 1 aromatic carbocycles. The zero-order valence-corrected chi connectivity index (χ0v) is 13.6. The molecular weight excluding hydrogens is 360 g/mol. The van der Waals surface area contributed by atoms with Crippen LogP contribution in [0.15, 0.2) is 33.7 Å². The van der Waals surface area contributed by atoms with Gasteiger partial charge in [0, 0.05) is 11.8 Å². The summed E-state index contributed by atoms with van der Waals surface area (Å²) >= 11 is 9.37. The quantitative estimate of drug-likeness (QED) is 0.896. The second-order valence-corrected chi connectivity index (χ2v) is 5.94. The highest BCUT2D eigenvalue weighted by molar-refractivity contribution is 9.10. The van der Waals surface area contributed by atoms with E-state index in [0.717, 1.165) is 0 Å². The Labute approximate surface area is 134 Å². The Bertz CT molecular complexity index is 771. The third kappa shape index (κ3) is 3.01. The van der Waals surface area contributed by atoms with Crippen molar-refractivity contribution in [3.63, 3.8) is 0 Å². The monoisotopic (exact) mass is 370 g/mol. The smallest absolute Gasteiger partial charge is 0.360 e. The summed E-state index contributed by atoms with van der Waals surface area (Å²) in [6.07, 6.45) is 1.54. The van der Waals surface area contributed by atoms with Crippen LogP contribution in [0.1, 0.15) is 35.8 Å². The maximum atomic E-state index is 12.1. The van der Waals surface area contributed by atoms with Gasteiger partial charge in [-0.1, -0.05) is 31.5 Å². The van der Waals surface area contributed by atoms with Gasteiger partial charge >= 0.3 is 5.97 Å². The second kappa shape index (κ2) is 5.99. The number of benzene rings is 1. The number of carbonyl (C=O) groups is 1. The van der Waals surface area contributed by atoms with Crippen LogP contribution in [0.5, 0.6) is 0 Å². The van der Waals surface area contributed by atoms with E-state index < -0.39 is 17.1 Å². The summed E-state index contributed by atoms with van der Waals surface area (Å²) < 4.78 is 1.93. The predicted octanol–water partition coefficient (Wildman–Crippen LogP) is 3.47. The normalized spacial score (nSPS) is 10.9. The van der Waals surface area contributed by atoms with Gasteiger partial charge in [-0.15, -0.1) is 0 Å². The molecule has 0 saturated heterocycles. The van der Waals surface area contributed by atoms with Gasteiger partial charge in [0.15, 0.2) is 0 Å². The van der Waals surface area contributed by atoms with Gasteiger partial charge < -0.3 is 5.11 Å². The minimum atomic E-state index is -1.35. The molecule has 0 spiro atoms. The van der Waals surface area contributed by atoms with Crippen LogP contribution in [0.4, 0.5) is 0 Å². The lowest BCUT2D eigenvalue weighted by molar-refractivity contribution is 0.0686. The fourth-order valence-corrected chi connectivity index (χ4v) is 2.47. The highest BCUT2D eigenvalue weighted by Gasteiger charge is 2.19. The van der Waals surface area contributed by atoms with Crippen LogP contribution in [0.2, 0.25) is 5.02 Å². The van der Waals surface area contributed by atoms with Crippen molar-refractivity contribution in [2.45, 2.75) is 19.8 Å². The van der Waals surface area contributed by atoms with E-state index in [2.05, 4.69) is 21.0 Å². The maximum absolute atomic E-state index is 12.1. The van der Waals surface area contributed by atoms with Gasteiger partial charge in [-0.3, -0.25) is 4.79 Å². The van der Waals surface area contributed by atoms with Crippen molar-refractivity contribution in [2.75, 3.05) is 0 Å². The third-order valence-corrected chi connectivity index (χ3v) is 4.33. The number of carboxylic acid groups (broad SMARTS) is 1. The summed E-state index contributed by atoms with van der Waals surface area (Å²) in [4.78, 5) is 23.3. The molecule has 0 saturated carbocycles. The number of nitrogens with zero attached hydrogens (tertiary/aromatic N) is 2. The first kappa shape index (κ1) is 15.7. The van der Waals surface area contributed by atoms with Crippen LogP contribution in [-0.4, -0.2) is 20.9 Å². The molecule has 0 atom stereocenters. The number of hydrogen-bond acceptors (Lipinski definition) is 3. The van der Waals surface area contributed by atoms with E-state index >= 15 is 0 Å². The molecule has 1 aromatic heterocycles. The molecular formula is C14H12BrClN2O3. The van der Waals surface area contributed by atoms with Crippen LogP contribution in [-0.2, 0) is 0 Å². The Hall–Kier alpha value is -1.66. The highest BCUT2D eigenvalue weighted by Crippen LogP contribution is 2.28. The first-order valence-electron chi connectivity index (χ1n) is 6.14. The van der Waals surface area contributed by atoms with Crippen molar-refractivity contribution in [1.82, 2.24) is 9.78 Å². The minimum Gasteiger partial charge on any atom is -0.476 e. The molecule has 0 aliphatic rings. The standard InChI is InChI=1S/C14H12BrClN2O3/c1-7(2)8-6-18(17-12(13(8)19)14(20)21)10-5-3-4-9(16)11(10)15/h3-7H,1-2H3,(H,20,21). The van der Waals surface area contributed by atoms with Crippen LogP contribution in [0.25, 0.3) is 5.69 Å². The number of halogens is 2. The zero-order chi connectivity index (χ0) is 15.7. The molecule has 2 rings (SSSR count). The lowest BCUT2D eigenvalue weighted by Gasteiger charge is -2.13. The van der Waals surface area contributed by atoms with Crippen molar-refractivity contribution >= 4 is 33.5 Å². The molecule has 5 nitrogen and oxygen atoms in total. The molecule has 0 fully saturated rings. The summed E-state index contributed by atoms with van der Waals surface area (Å²) in [6, 6.07) is 5.14. The van der Waals surface area contributed by atoms with Gasteiger partial charge in [-0.2, -0.15) is 5.10 Å². The fourth-order valence-electron chi connectivity index (χ4n) is 1.85. The average Bonchev–Trinajstić information content (AvgIpc) is 2.41. The molecule has 21 heavy (non-hydrogen) atoms. The van der Waals surface area contributed by atoms with Crippen LogP contribution in [0.3, 0.4) is 0 Å². The summed E-state index contributed by atoms with van der Waals surface area (Å²) in [7, 11) is 0. The van der Waals surface area contributed by atoms with Crippen LogP contribution < -0.4 is 5.43 Å². The van der Waals surface area contributed by atoms with E-state index in [9.17, 15) is 9.59 Å². The van der Waals surface area contributed by atoms with Crippen LogP contribution >= 0.6 is 27.5 Å². The van der Waals surface area contributed by atoms with Crippen molar-refractivity contribution in [3.8, 4) is 5.69 Å². The molecule has 0 bridgehead atoms. The topological polar surface area (TPSA) is 72.2 Å². The van der Waals surface area contributed by atoms with Gasteiger partial charge in [0.25, 0.3) is 0 Å². The van der Waals surface area contributed by atoms with Crippen LogP contribution in [0, 0.1) is 0 Å². The molecule has 0 unspecified atom stereocenters. The Morgan fingerprint density at radius 2 is 2.10 bits per heavy atom. The van der Waals surface area contributed by atoms with Gasteiger partial charge in [0.05, 0.1) is 15.2 Å². The van der Waals surface area contributed by atoms with E-state index in [1.807, 2.05) is 13.8 Å². The molecule has 0 amide bonds. The van der Waals surface area contributed by atoms with Crippen molar-refractivity contribution in [1.29, 1.82) is 0 Å². The summed E-state index contributed by atoms with van der Waals surface area (Å²) in [6.45, 7) is 3.64. The second-order valence-electron chi connectivity index (χ2n) is 4.74. The summed E-state index contributed by atoms with van der Waals surface area (Å²) in [5.74, 6) is -1.47. The van der Waals surface area contributed by atoms with Crippen molar-refractivity contribution in [2.24, 2.45) is 0 Å². The first-order valence-corrected chi connectivity index (χ1v) is 7.31. The van der Waals surface area contributed by atoms with E-state index in [-0.39, 0.29) is 5.92 Å². The number of hydrogen-bond donors (Lipinski definition) is 1. The maximum Gasteiger partial charge on any atom is 0.360 e. The molecule has 0 aliphatic heterocycles. The average molecular weight is 372 g/mol. The number of rotatable bonds is 3. The fraction of sp³-hybridized carbons (Fsp3) is 0.214. The molecule has 1 N–H and O–H groups in total. The Morgan fingerprint density at radius 1 is 1.43 bits per heavy atom. The van der Waals surface area contributed by atoms with Crippen molar-refractivity contribution < 1.29 is 9.90 Å². The lowest BCUT2D eigenvalue weighted by Crippen LogP contribution is -2.25. The predicted molar refractivity (Wildman–Crippen MR) is 83.6 cm³/mol. The Balaban J connectivity index is 2.78. The van der Waals surface area contributed by atoms with Gasteiger partial charge in [0.1, 0.15) is 0 Å². The SMILES string of the molecule is CC(C)c1cn(-c2cccc(Cl)c2Br)nc(C(=O)O)c1=O. The van der Waals surface area contributed by atoms with Gasteiger partial charge in [0.2, 0.25) is 11.1 Å². The van der Waals surface area contributed by atoms with E-state index in [0.29, 0.717) is 20.7 Å². The van der Waals surface area contributed by atoms with E-state index in [4.69, 9.17) is 16.7 Å². The number of aromatic carboxylic acids is 1. The minimum absolute atomic E-state index is 0.122. The lowest BCUT2D eigenvalue weighted by atomic mass is 10.0. The molecule has 0 radical (unpaired) electrons. The number of aromatic nitrogens is 2. The van der Waals surface area contributed by atoms with Gasteiger partial charge in [-0.05, 0) is 34.0 Å². The highest BCUT2D eigenvalue weighted by atomic mass is 79.9.